The van der Waals surface area contributed by atoms with E-state index in [4.69, 9.17) is 0 Å². The van der Waals surface area contributed by atoms with Crippen LogP contribution in [0.1, 0.15) is 36.2 Å². The number of halogens is 3. The van der Waals surface area contributed by atoms with Crippen LogP contribution in [0.3, 0.4) is 0 Å². The van der Waals surface area contributed by atoms with Gasteiger partial charge in [0.2, 0.25) is 0 Å². The zero-order valence-corrected chi connectivity index (χ0v) is 12.5. The van der Waals surface area contributed by atoms with E-state index in [1.165, 1.54) is 13.2 Å². The Morgan fingerprint density at radius 1 is 1.27 bits per heavy atom. The second-order valence-electron chi connectivity index (χ2n) is 5.26. The van der Waals surface area contributed by atoms with Gasteiger partial charge in [0.15, 0.2) is 0 Å². The Morgan fingerprint density at radius 2 is 1.91 bits per heavy atom. The molecule has 122 valence electrons. The van der Waals surface area contributed by atoms with Gasteiger partial charge in [-0.1, -0.05) is 19.9 Å². The summed E-state index contributed by atoms with van der Waals surface area (Å²) in [5.74, 6) is -1.28. The first-order valence-corrected chi connectivity index (χ1v) is 6.71. The number of benzene rings is 1. The van der Waals surface area contributed by atoms with Crippen LogP contribution >= 0.6 is 0 Å². The van der Waals surface area contributed by atoms with Gasteiger partial charge < -0.3 is 10.1 Å². The number of hydrogen-bond donors (Lipinski definition) is 1. The fraction of sp³-hybridized carbons (Fsp3) is 0.467. The monoisotopic (exact) mass is 317 g/mol. The first-order chi connectivity index (χ1) is 10.1. The molecule has 0 spiro atoms. The van der Waals surface area contributed by atoms with Crippen molar-refractivity contribution in [1.29, 1.82) is 0 Å². The lowest BCUT2D eigenvalue weighted by Gasteiger charge is -2.18. The summed E-state index contributed by atoms with van der Waals surface area (Å²) in [5, 5.41) is 2.41. The fourth-order valence-corrected chi connectivity index (χ4v) is 1.91. The maximum atomic E-state index is 12.6. The molecule has 0 aromatic heterocycles. The molecular weight excluding hydrogens is 299 g/mol. The second kappa shape index (κ2) is 7.29. The third-order valence-electron chi connectivity index (χ3n) is 2.95. The van der Waals surface area contributed by atoms with Crippen LogP contribution in [0, 0.1) is 5.92 Å². The zero-order valence-electron chi connectivity index (χ0n) is 12.5. The molecule has 1 atom stereocenters. The highest BCUT2D eigenvalue weighted by atomic mass is 19.4. The third kappa shape index (κ3) is 5.05. The predicted molar refractivity (Wildman–Crippen MR) is 74.2 cm³/mol. The van der Waals surface area contributed by atoms with Crippen molar-refractivity contribution >= 4 is 11.9 Å². The van der Waals surface area contributed by atoms with Gasteiger partial charge in [-0.05, 0) is 30.5 Å². The minimum Gasteiger partial charge on any atom is -0.467 e. The van der Waals surface area contributed by atoms with E-state index in [1.807, 2.05) is 13.8 Å². The summed E-state index contributed by atoms with van der Waals surface area (Å²) in [6.07, 6.45) is -4.20. The summed E-state index contributed by atoms with van der Waals surface area (Å²) in [5.41, 5.74) is -1.08. The van der Waals surface area contributed by atoms with Gasteiger partial charge in [-0.3, -0.25) is 4.79 Å². The van der Waals surface area contributed by atoms with Crippen LogP contribution < -0.4 is 5.32 Å². The molecule has 0 unspecified atom stereocenters. The molecule has 0 radical (unpaired) electrons. The number of hydrogen-bond acceptors (Lipinski definition) is 3. The molecule has 7 heteroatoms. The predicted octanol–water partition coefficient (Wildman–Crippen LogP) is 3.02. The number of carbonyl (C=O) groups excluding carboxylic acids is 2. The van der Waals surface area contributed by atoms with Gasteiger partial charge in [0.25, 0.3) is 5.91 Å². The number of ether oxygens (including phenoxy) is 1. The van der Waals surface area contributed by atoms with Crippen molar-refractivity contribution < 1.29 is 27.5 Å². The third-order valence-corrected chi connectivity index (χ3v) is 2.95. The van der Waals surface area contributed by atoms with Crippen molar-refractivity contribution in [3.8, 4) is 0 Å². The van der Waals surface area contributed by atoms with Crippen molar-refractivity contribution in [3.05, 3.63) is 35.4 Å². The highest BCUT2D eigenvalue weighted by molar-refractivity contribution is 5.96. The average Bonchev–Trinajstić information content (AvgIpc) is 2.44. The number of methoxy groups -OCH3 is 1. The summed E-state index contributed by atoms with van der Waals surface area (Å²) in [4.78, 5) is 23.7. The maximum Gasteiger partial charge on any atom is 0.416 e. The summed E-state index contributed by atoms with van der Waals surface area (Å²) < 4.78 is 42.5. The average molecular weight is 317 g/mol. The Hall–Kier alpha value is -2.05. The molecule has 1 N–H and O–H groups in total. The van der Waals surface area contributed by atoms with Crippen LogP contribution in [0.15, 0.2) is 24.3 Å². The molecular formula is C15H18F3NO3. The molecule has 4 nitrogen and oxygen atoms in total. The Balaban J connectivity index is 2.93. The fourth-order valence-electron chi connectivity index (χ4n) is 1.91. The molecule has 0 saturated heterocycles. The van der Waals surface area contributed by atoms with Crippen LogP contribution in [0.5, 0.6) is 0 Å². The van der Waals surface area contributed by atoms with Gasteiger partial charge in [0, 0.05) is 5.56 Å². The maximum absolute atomic E-state index is 12.6. The van der Waals surface area contributed by atoms with Gasteiger partial charge in [0.05, 0.1) is 12.7 Å². The Labute approximate surface area is 126 Å². The smallest absolute Gasteiger partial charge is 0.416 e. The number of nitrogens with one attached hydrogen (secondary N) is 1. The standard InChI is InChI=1S/C15H18F3NO3/c1-9(2)7-12(14(21)22-3)19-13(20)10-5-4-6-11(8-10)15(16,17)18/h4-6,8-9,12H,7H2,1-3H3,(H,19,20)/t12-/m1/s1. The number of carbonyl (C=O) groups is 2. The van der Waals surface area contributed by atoms with Gasteiger partial charge in [-0.2, -0.15) is 13.2 Å². The minimum atomic E-state index is -4.53. The van der Waals surface area contributed by atoms with Crippen LogP contribution in [0.4, 0.5) is 13.2 Å². The Kier molecular flexibility index (Phi) is 5.96. The quantitative estimate of drug-likeness (QED) is 0.849. The first kappa shape index (κ1) is 18.0. The van der Waals surface area contributed by atoms with Gasteiger partial charge in [-0.15, -0.1) is 0 Å². The number of alkyl halides is 3. The summed E-state index contributed by atoms with van der Waals surface area (Å²) >= 11 is 0. The summed E-state index contributed by atoms with van der Waals surface area (Å²) in [6, 6.07) is 3.13. The topological polar surface area (TPSA) is 55.4 Å². The highest BCUT2D eigenvalue weighted by Crippen LogP contribution is 2.29. The number of esters is 1. The molecule has 0 aliphatic heterocycles. The molecule has 0 saturated carbocycles. The van der Waals surface area contributed by atoms with Gasteiger partial charge in [0.1, 0.15) is 6.04 Å². The molecule has 1 rings (SSSR count). The van der Waals surface area contributed by atoms with Crippen LogP contribution in [-0.4, -0.2) is 25.0 Å². The molecule has 0 heterocycles. The van der Waals surface area contributed by atoms with E-state index in [0.29, 0.717) is 6.42 Å². The molecule has 1 aromatic carbocycles. The molecule has 0 fully saturated rings. The molecule has 0 aliphatic carbocycles. The van der Waals surface area contributed by atoms with E-state index in [0.717, 1.165) is 18.2 Å². The molecule has 1 aromatic rings. The molecule has 0 aliphatic rings. The van der Waals surface area contributed by atoms with Crippen LogP contribution in [-0.2, 0) is 15.7 Å². The Bertz CT molecular complexity index is 541. The van der Waals surface area contributed by atoms with Gasteiger partial charge in [-0.25, -0.2) is 4.79 Å². The van der Waals surface area contributed by atoms with E-state index >= 15 is 0 Å². The van der Waals surface area contributed by atoms with Crippen LogP contribution in [0.2, 0.25) is 0 Å². The lowest BCUT2D eigenvalue weighted by atomic mass is 10.0. The van der Waals surface area contributed by atoms with Crippen LogP contribution in [0.25, 0.3) is 0 Å². The lowest BCUT2D eigenvalue weighted by molar-refractivity contribution is -0.143. The number of amides is 1. The van der Waals surface area contributed by atoms with E-state index in [9.17, 15) is 22.8 Å². The van der Waals surface area contributed by atoms with E-state index in [-0.39, 0.29) is 11.5 Å². The van der Waals surface area contributed by atoms with Crippen molar-refractivity contribution in [1.82, 2.24) is 5.32 Å². The van der Waals surface area contributed by atoms with Gasteiger partial charge >= 0.3 is 12.1 Å². The summed E-state index contributed by atoms with van der Waals surface area (Å²) in [7, 11) is 1.19. The SMILES string of the molecule is COC(=O)[C@@H](CC(C)C)NC(=O)c1cccc(C(F)(F)F)c1. The van der Waals surface area contributed by atoms with Crippen molar-refractivity contribution in [3.63, 3.8) is 0 Å². The molecule has 1 amide bonds. The Morgan fingerprint density at radius 3 is 2.41 bits per heavy atom. The second-order valence-corrected chi connectivity index (χ2v) is 5.26. The minimum absolute atomic E-state index is 0.103. The molecule has 22 heavy (non-hydrogen) atoms. The highest BCUT2D eigenvalue weighted by Gasteiger charge is 2.31. The van der Waals surface area contributed by atoms with E-state index in [2.05, 4.69) is 10.1 Å². The molecule has 0 bridgehead atoms. The van der Waals surface area contributed by atoms with Crippen molar-refractivity contribution in [2.24, 2.45) is 5.92 Å². The summed E-state index contributed by atoms with van der Waals surface area (Å²) in [6.45, 7) is 3.71. The largest absolute Gasteiger partial charge is 0.467 e. The number of rotatable bonds is 5. The van der Waals surface area contributed by atoms with Crippen molar-refractivity contribution in [2.75, 3.05) is 7.11 Å². The first-order valence-electron chi connectivity index (χ1n) is 6.71. The van der Waals surface area contributed by atoms with Crippen molar-refractivity contribution in [2.45, 2.75) is 32.5 Å². The normalized spacial score (nSPS) is 12.9. The van der Waals surface area contributed by atoms with E-state index < -0.39 is 29.7 Å². The van der Waals surface area contributed by atoms with E-state index in [1.54, 1.807) is 0 Å². The zero-order chi connectivity index (χ0) is 16.9. The lowest BCUT2D eigenvalue weighted by Crippen LogP contribution is -2.42.